The van der Waals surface area contributed by atoms with Gasteiger partial charge in [-0.15, -0.1) is 0 Å². The van der Waals surface area contributed by atoms with Gasteiger partial charge in [0.15, 0.2) is 0 Å². The van der Waals surface area contributed by atoms with Crippen LogP contribution in [0.3, 0.4) is 0 Å². The largest absolute Gasteiger partial charge is 0.325 e. The van der Waals surface area contributed by atoms with Crippen LogP contribution in [0.2, 0.25) is 0 Å². The minimum absolute atomic E-state index is 0.113. The standard InChI is InChI=1S/C18H21FN2O/c1-13-8-14(2)10-15(9-13)11-21(3)12-18(22)20-17-6-4-16(19)5-7-17/h4-10H,11-12H2,1-3H3,(H,20,22). The number of hydrogen-bond donors (Lipinski definition) is 1. The number of halogens is 1. The lowest BCUT2D eigenvalue weighted by Crippen LogP contribution is -2.29. The van der Waals surface area contributed by atoms with E-state index in [-0.39, 0.29) is 18.3 Å². The Balaban J connectivity index is 1.89. The summed E-state index contributed by atoms with van der Waals surface area (Å²) in [6, 6.07) is 12.1. The first-order chi connectivity index (χ1) is 10.4. The van der Waals surface area contributed by atoms with Crippen LogP contribution in [0, 0.1) is 19.7 Å². The molecule has 2 aromatic carbocycles. The topological polar surface area (TPSA) is 32.3 Å². The van der Waals surface area contributed by atoms with Gasteiger partial charge >= 0.3 is 0 Å². The number of rotatable bonds is 5. The van der Waals surface area contributed by atoms with Crippen molar-refractivity contribution >= 4 is 11.6 Å². The molecule has 4 heteroatoms. The van der Waals surface area contributed by atoms with Gasteiger partial charge in [-0.2, -0.15) is 0 Å². The van der Waals surface area contributed by atoms with Gasteiger partial charge in [-0.25, -0.2) is 4.39 Å². The van der Waals surface area contributed by atoms with Gasteiger partial charge in [0.25, 0.3) is 0 Å². The zero-order valence-corrected chi connectivity index (χ0v) is 13.2. The van der Waals surface area contributed by atoms with Crippen molar-refractivity contribution < 1.29 is 9.18 Å². The highest BCUT2D eigenvalue weighted by Crippen LogP contribution is 2.11. The number of nitrogens with zero attached hydrogens (tertiary/aromatic N) is 1. The first-order valence-corrected chi connectivity index (χ1v) is 7.23. The van der Waals surface area contributed by atoms with Gasteiger partial charge in [-0.05, 0) is 50.7 Å². The van der Waals surface area contributed by atoms with E-state index in [1.165, 1.54) is 28.8 Å². The summed E-state index contributed by atoms with van der Waals surface area (Å²) in [5.74, 6) is -0.427. The lowest BCUT2D eigenvalue weighted by atomic mass is 10.1. The molecule has 3 nitrogen and oxygen atoms in total. The number of carbonyl (C=O) groups excluding carboxylic acids is 1. The van der Waals surface area contributed by atoms with Crippen LogP contribution in [-0.2, 0) is 11.3 Å². The quantitative estimate of drug-likeness (QED) is 0.916. The molecule has 2 rings (SSSR count). The van der Waals surface area contributed by atoms with Gasteiger partial charge in [0.1, 0.15) is 5.82 Å². The molecule has 0 unspecified atom stereocenters. The number of benzene rings is 2. The average molecular weight is 300 g/mol. The number of hydrogen-bond acceptors (Lipinski definition) is 2. The Morgan fingerprint density at radius 2 is 1.68 bits per heavy atom. The lowest BCUT2D eigenvalue weighted by molar-refractivity contribution is -0.117. The molecular formula is C18H21FN2O. The summed E-state index contributed by atoms with van der Waals surface area (Å²) >= 11 is 0. The van der Waals surface area contributed by atoms with E-state index in [0.717, 1.165) is 0 Å². The summed E-state index contributed by atoms with van der Waals surface area (Å²) in [6.45, 7) is 5.12. The van der Waals surface area contributed by atoms with Gasteiger partial charge in [0, 0.05) is 12.2 Å². The van der Waals surface area contributed by atoms with Crippen molar-refractivity contribution in [1.82, 2.24) is 4.90 Å². The van der Waals surface area contributed by atoms with Crippen LogP contribution < -0.4 is 5.32 Å². The van der Waals surface area contributed by atoms with Crippen LogP contribution in [-0.4, -0.2) is 24.4 Å². The zero-order valence-electron chi connectivity index (χ0n) is 13.2. The molecule has 0 aromatic heterocycles. The molecule has 1 amide bonds. The summed E-state index contributed by atoms with van der Waals surface area (Å²) in [5, 5.41) is 2.76. The predicted octanol–water partition coefficient (Wildman–Crippen LogP) is 3.51. The van der Waals surface area contributed by atoms with Crippen molar-refractivity contribution in [2.24, 2.45) is 0 Å². The summed E-state index contributed by atoms with van der Waals surface area (Å²) in [6.07, 6.45) is 0. The normalized spacial score (nSPS) is 10.8. The second-order valence-corrected chi connectivity index (χ2v) is 5.72. The van der Waals surface area contributed by atoms with E-state index in [1.54, 1.807) is 12.1 Å². The smallest absolute Gasteiger partial charge is 0.238 e. The number of likely N-dealkylation sites (N-methyl/N-ethyl adjacent to an activating group) is 1. The number of nitrogens with one attached hydrogen (secondary N) is 1. The number of anilines is 1. The molecule has 0 fully saturated rings. The average Bonchev–Trinajstić information content (AvgIpc) is 2.39. The van der Waals surface area contributed by atoms with Crippen molar-refractivity contribution in [2.75, 3.05) is 18.9 Å². The van der Waals surface area contributed by atoms with E-state index in [9.17, 15) is 9.18 Å². The molecule has 0 bridgehead atoms. The fraction of sp³-hybridized carbons (Fsp3) is 0.278. The minimum atomic E-state index is -0.315. The molecule has 0 radical (unpaired) electrons. The molecular weight excluding hydrogens is 279 g/mol. The van der Waals surface area contributed by atoms with Crippen LogP contribution >= 0.6 is 0 Å². The van der Waals surface area contributed by atoms with E-state index in [0.29, 0.717) is 12.2 Å². The molecule has 116 valence electrons. The van der Waals surface area contributed by atoms with E-state index >= 15 is 0 Å². The predicted molar refractivity (Wildman–Crippen MR) is 87.3 cm³/mol. The second kappa shape index (κ2) is 7.18. The number of aryl methyl sites for hydroxylation is 2. The first kappa shape index (κ1) is 16.2. The van der Waals surface area contributed by atoms with E-state index < -0.39 is 0 Å². The van der Waals surface area contributed by atoms with Crippen LogP contribution in [0.4, 0.5) is 10.1 Å². The monoisotopic (exact) mass is 300 g/mol. The second-order valence-electron chi connectivity index (χ2n) is 5.72. The van der Waals surface area contributed by atoms with Crippen molar-refractivity contribution in [3.63, 3.8) is 0 Å². The maximum atomic E-state index is 12.8. The number of carbonyl (C=O) groups is 1. The third kappa shape index (κ3) is 4.97. The summed E-state index contributed by atoms with van der Waals surface area (Å²) < 4.78 is 12.8. The van der Waals surface area contributed by atoms with Crippen LogP contribution in [0.5, 0.6) is 0 Å². The first-order valence-electron chi connectivity index (χ1n) is 7.23. The third-order valence-corrected chi connectivity index (χ3v) is 3.28. The van der Waals surface area contributed by atoms with E-state index in [2.05, 4.69) is 37.4 Å². The van der Waals surface area contributed by atoms with Gasteiger partial charge in [0.05, 0.1) is 6.54 Å². The molecule has 2 aromatic rings. The fourth-order valence-corrected chi connectivity index (χ4v) is 2.51. The maximum Gasteiger partial charge on any atom is 0.238 e. The molecule has 22 heavy (non-hydrogen) atoms. The van der Waals surface area contributed by atoms with Crippen LogP contribution in [0.25, 0.3) is 0 Å². The van der Waals surface area contributed by atoms with Crippen molar-refractivity contribution in [3.05, 3.63) is 65.0 Å². The Labute approximate surface area is 130 Å². The number of amides is 1. The molecule has 0 atom stereocenters. The van der Waals surface area contributed by atoms with Gasteiger partial charge in [0.2, 0.25) is 5.91 Å². The van der Waals surface area contributed by atoms with Crippen molar-refractivity contribution in [3.8, 4) is 0 Å². The van der Waals surface area contributed by atoms with Crippen molar-refractivity contribution in [1.29, 1.82) is 0 Å². The highest BCUT2D eigenvalue weighted by atomic mass is 19.1. The minimum Gasteiger partial charge on any atom is -0.325 e. The van der Waals surface area contributed by atoms with Gasteiger partial charge in [-0.3, -0.25) is 9.69 Å². The van der Waals surface area contributed by atoms with Crippen molar-refractivity contribution in [2.45, 2.75) is 20.4 Å². The Hall–Kier alpha value is -2.20. The summed E-state index contributed by atoms with van der Waals surface area (Å²) in [4.78, 5) is 13.9. The van der Waals surface area contributed by atoms with Crippen LogP contribution in [0.1, 0.15) is 16.7 Å². The maximum absolute atomic E-state index is 12.8. The van der Waals surface area contributed by atoms with Gasteiger partial charge < -0.3 is 5.32 Å². The zero-order chi connectivity index (χ0) is 16.1. The molecule has 0 aliphatic heterocycles. The highest BCUT2D eigenvalue weighted by Gasteiger charge is 2.08. The summed E-state index contributed by atoms with van der Waals surface area (Å²) in [7, 11) is 1.90. The Morgan fingerprint density at radius 1 is 1.09 bits per heavy atom. The Kier molecular flexibility index (Phi) is 5.28. The molecule has 0 saturated heterocycles. The summed E-state index contributed by atoms with van der Waals surface area (Å²) in [5.41, 5.74) is 4.24. The SMILES string of the molecule is Cc1cc(C)cc(CN(C)CC(=O)Nc2ccc(F)cc2)c1. The molecule has 0 aliphatic carbocycles. The Morgan fingerprint density at radius 3 is 2.27 bits per heavy atom. The molecule has 0 aliphatic rings. The Bertz CT molecular complexity index is 632. The van der Waals surface area contributed by atoms with E-state index in [4.69, 9.17) is 0 Å². The third-order valence-electron chi connectivity index (χ3n) is 3.28. The molecule has 0 saturated carbocycles. The van der Waals surface area contributed by atoms with Crippen LogP contribution in [0.15, 0.2) is 42.5 Å². The molecule has 0 heterocycles. The lowest BCUT2D eigenvalue weighted by Gasteiger charge is -2.17. The van der Waals surface area contributed by atoms with Gasteiger partial charge in [-0.1, -0.05) is 29.3 Å². The molecule has 0 spiro atoms. The fourth-order valence-electron chi connectivity index (χ4n) is 2.51. The van der Waals surface area contributed by atoms with E-state index in [1.807, 2.05) is 11.9 Å². The highest BCUT2D eigenvalue weighted by molar-refractivity contribution is 5.92. The molecule has 1 N–H and O–H groups in total.